The van der Waals surface area contributed by atoms with Crippen molar-refractivity contribution in [2.24, 2.45) is 10.9 Å². The Morgan fingerprint density at radius 2 is 2.58 bits per heavy atom. The van der Waals surface area contributed by atoms with Crippen molar-refractivity contribution in [3.8, 4) is 0 Å². The summed E-state index contributed by atoms with van der Waals surface area (Å²) in [6, 6.07) is 1.15. The molecule has 1 aromatic heterocycles. The van der Waals surface area contributed by atoms with Gasteiger partial charge in [0.1, 0.15) is 6.61 Å². The predicted octanol–water partition coefficient (Wildman–Crippen LogP) is 0.172. The monoisotopic (exact) mass is 268 g/mol. The van der Waals surface area contributed by atoms with Crippen molar-refractivity contribution >= 4 is 11.7 Å². The number of methoxy groups -OCH3 is 1. The number of amidine groups is 1. The molecule has 8 nitrogen and oxygen atoms in total. The van der Waals surface area contributed by atoms with Crippen molar-refractivity contribution in [1.29, 1.82) is 0 Å². The van der Waals surface area contributed by atoms with Crippen LogP contribution < -0.4 is 5.73 Å². The summed E-state index contributed by atoms with van der Waals surface area (Å²) in [5.41, 5.74) is 5.78. The maximum absolute atomic E-state index is 12.3. The van der Waals surface area contributed by atoms with Crippen molar-refractivity contribution in [3.63, 3.8) is 0 Å². The maximum Gasteiger partial charge on any atom is 0.276 e. The van der Waals surface area contributed by atoms with Gasteiger partial charge in [-0.2, -0.15) is 0 Å². The Labute approximate surface area is 109 Å². The van der Waals surface area contributed by atoms with Gasteiger partial charge in [0.2, 0.25) is 0 Å². The van der Waals surface area contributed by atoms with Gasteiger partial charge in [-0.3, -0.25) is 4.79 Å². The van der Waals surface area contributed by atoms with Gasteiger partial charge in [-0.15, -0.1) is 0 Å². The molecule has 1 unspecified atom stereocenters. The predicted molar refractivity (Wildman–Crippen MR) is 64.7 cm³/mol. The number of likely N-dealkylation sites (tertiary alicyclic amines) is 1. The molecule has 1 saturated heterocycles. The molecule has 1 aromatic rings. The number of hydrogen-bond acceptors (Lipinski definition) is 6. The second-order valence-electron chi connectivity index (χ2n) is 4.29. The van der Waals surface area contributed by atoms with Crippen LogP contribution in [-0.2, 0) is 11.3 Å². The van der Waals surface area contributed by atoms with Crippen LogP contribution in [0.5, 0.6) is 0 Å². The lowest BCUT2D eigenvalue weighted by molar-refractivity contribution is 0.0757. The van der Waals surface area contributed by atoms with Gasteiger partial charge in [0.05, 0.1) is 6.04 Å². The Balaban J connectivity index is 2.13. The number of aromatic nitrogens is 1. The van der Waals surface area contributed by atoms with E-state index in [2.05, 4.69) is 10.3 Å². The van der Waals surface area contributed by atoms with Gasteiger partial charge in [-0.25, -0.2) is 0 Å². The van der Waals surface area contributed by atoms with Crippen LogP contribution in [0.15, 0.2) is 15.7 Å². The van der Waals surface area contributed by atoms with Crippen LogP contribution >= 0.6 is 0 Å². The van der Waals surface area contributed by atoms with E-state index in [4.69, 9.17) is 20.2 Å². The molecule has 1 aliphatic heterocycles. The van der Waals surface area contributed by atoms with Crippen LogP contribution in [0, 0.1) is 0 Å². The minimum absolute atomic E-state index is 0.0338. The number of rotatable bonds is 4. The number of hydrogen-bond donors (Lipinski definition) is 2. The molecular weight excluding hydrogens is 252 g/mol. The van der Waals surface area contributed by atoms with Gasteiger partial charge in [0, 0.05) is 19.7 Å². The Kier molecular flexibility index (Phi) is 4.00. The van der Waals surface area contributed by atoms with E-state index in [1.54, 1.807) is 0 Å². The lowest BCUT2D eigenvalue weighted by Crippen LogP contribution is -2.44. The normalized spacial score (nSPS) is 19.9. The fourth-order valence-electron chi connectivity index (χ4n) is 2.16. The smallest absolute Gasteiger partial charge is 0.276 e. The number of nitrogens with zero attached hydrogens (tertiary/aromatic N) is 3. The number of carbonyl (C=O) groups excluding carboxylic acids is 1. The quantitative estimate of drug-likeness (QED) is 0.348. The molecule has 0 aromatic carbocycles. The molecule has 2 rings (SSSR count). The summed E-state index contributed by atoms with van der Waals surface area (Å²) in [6.45, 7) is 0.802. The molecule has 0 saturated carbocycles. The highest BCUT2D eigenvalue weighted by atomic mass is 16.5. The Bertz CT molecular complexity index is 485. The number of carbonyl (C=O) groups is 1. The lowest BCUT2D eigenvalue weighted by atomic mass is 10.2. The summed E-state index contributed by atoms with van der Waals surface area (Å²) >= 11 is 0. The van der Waals surface area contributed by atoms with E-state index in [9.17, 15) is 4.79 Å². The van der Waals surface area contributed by atoms with Crippen molar-refractivity contribution in [2.45, 2.75) is 25.5 Å². The fourth-order valence-corrected chi connectivity index (χ4v) is 2.16. The second-order valence-corrected chi connectivity index (χ2v) is 4.29. The van der Waals surface area contributed by atoms with E-state index in [0.717, 1.165) is 6.42 Å². The summed E-state index contributed by atoms with van der Waals surface area (Å²) in [6.07, 6.45) is 1.47. The van der Waals surface area contributed by atoms with Crippen molar-refractivity contribution in [1.82, 2.24) is 10.1 Å². The SMILES string of the molecule is COCc1cc(C(=O)N2CCCC2C(N)=NO)no1. The topological polar surface area (TPSA) is 114 Å². The molecule has 1 fully saturated rings. The van der Waals surface area contributed by atoms with Crippen LogP contribution in [0.1, 0.15) is 29.1 Å². The summed E-state index contributed by atoms with van der Waals surface area (Å²) in [4.78, 5) is 13.8. The first-order valence-electron chi connectivity index (χ1n) is 5.90. The lowest BCUT2D eigenvalue weighted by Gasteiger charge is -2.22. The van der Waals surface area contributed by atoms with Crippen LogP contribution in [0.3, 0.4) is 0 Å². The Morgan fingerprint density at radius 3 is 3.26 bits per heavy atom. The minimum atomic E-state index is -0.389. The zero-order chi connectivity index (χ0) is 13.8. The molecule has 19 heavy (non-hydrogen) atoms. The maximum atomic E-state index is 12.3. The molecule has 8 heteroatoms. The van der Waals surface area contributed by atoms with Crippen molar-refractivity contribution < 1.29 is 19.3 Å². The Hall–Kier alpha value is -2.09. The molecule has 3 N–H and O–H groups in total. The summed E-state index contributed by atoms with van der Waals surface area (Å²) in [5, 5.41) is 15.4. The molecule has 1 atom stereocenters. The van der Waals surface area contributed by atoms with Gasteiger partial charge in [0.25, 0.3) is 5.91 Å². The molecule has 104 valence electrons. The van der Waals surface area contributed by atoms with Gasteiger partial charge in [0.15, 0.2) is 17.3 Å². The van der Waals surface area contributed by atoms with E-state index in [1.807, 2.05) is 0 Å². The largest absolute Gasteiger partial charge is 0.409 e. The molecule has 1 aliphatic rings. The van der Waals surface area contributed by atoms with Gasteiger partial charge < -0.3 is 25.1 Å². The number of ether oxygens (including phenoxy) is 1. The van der Waals surface area contributed by atoms with Crippen molar-refractivity contribution in [3.05, 3.63) is 17.5 Å². The minimum Gasteiger partial charge on any atom is -0.409 e. The average Bonchev–Trinajstić information content (AvgIpc) is 3.06. The molecule has 0 bridgehead atoms. The van der Waals surface area contributed by atoms with Crippen molar-refractivity contribution in [2.75, 3.05) is 13.7 Å². The zero-order valence-corrected chi connectivity index (χ0v) is 10.6. The van der Waals surface area contributed by atoms with Gasteiger partial charge in [-0.05, 0) is 12.8 Å². The summed E-state index contributed by atoms with van der Waals surface area (Å²) in [5.74, 6) is 0.219. The summed E-state index contributed by atoms with van der Waals surface area (Å²) < 4.78 is 9.87. The highest BCUT2D eigenvalue weighted by molar-refractivity contribution is 5.97. The standard InChI is InChI=1S/C11H16N4O4/c1-18-6-7-5-8(14-19-7)11(16)15-4-2-3-9(15)10(12)13-17/h5,9,17H,2-4,6H2,1H3,(H2,12,13). The highest BCUT2D eigenvalue weighted by Crippen LogP contribution is 2.20. The molecule has 1 amide bonds. The number of oxime groups is 1. The van der Waals surface area contributed by atoms with E-state index in [-0.39, 0.29) is 30.1 Å². The molecule has 0 radical (unpaired) electrons. The average molecular weight is 268 g/mol. The number of amides is 1. The van der Waals surface area contributed by atoms with E-state index in [0.29, 0.717) is 18.7 Å². The Morgan fingerprint density at radius 1 is 1.79 bits per heavy atom. The number of nitrogens with two attached hydrogens (primary N) is 1. The van der Waals surface area contributed by atoms with E-state index < -0.39 is 0 Å². The van der Waals surface area contributed by atoms with Crippen LogP contribution in [0.4, 0.5) is 0 Å². The van der Waals surface area contributed by atoms with Crippen LogP contribution in [-0.4, -0.2) is 46.7 Å². The third kappa shape index (κ3) is 2.68. The summed E-state index contributed by atoms with van der Waals surface area (Å²) in [7, 11) is 1.53. The molecule has 0 aliphatic carbocycles. The van der Waals surface area contributed by atoms with E-state index >= 15 is 0 Å². The first-order chi connectivity index (χ1) is 9.17. The molecule has 2 heterocycles. The zero-order valence-electron chi connectivity index (χ0n) is 10.6. The third-order valence-corrected chi connectivity index (χ3v) is 3.04. The fraction of sp³-hybridized carbons (Fsp3) is 0.545. The van der Waals surface area contributed by atoms with Crippen LogP contribution in [0.2, 0.25) is 0 Å². The molecular formula is C11H16N4O4. The molecule has 0 spiro atoms. The van der Waals surface area contributed by atoms with Gasteiger partial charge in [-0.1, -0.05) is 10.3 Å². The third-order valence-electron chi connectivity index (χ3n) is 3.04. The van der Waals surface area contributed by atoms with Gasteiger partial charge >= 0.3 is 0 Å². The highest BCUT2D eigenvalue weighted by Gasteiger charge is 2.33. The first-order valence-corrected chi connectivity index (χ1v) is 5.90. The first kappa shape index (κ1) is 13.3. The van der Waals surface area contributed by atoms with Crippen LogP contribution in [0.25, 0.3) is 0 Å². The van der Waals surface area contributed by atoms with E-state index in [1.165, 1.54) is 18.1 Å². The second kappa shape index (κ2) is 5.70.